The van der Waals surface area contributed by atoms with E-state index in [-0.39, 0.29) is 5.82 Å². The molecule has 4 heterocycles. The van der Waals surface area contributed by atoms with Crippen LogP contribution in [0.15, 0.2) is 78.3 Å². The Balaban J connectivity index is 0.977. The van der Waals surface area contributed by atoms with Crippen LogP contribution in [-0.4, -0.2) is 61.9 Å². The molecule has 2 aliphatic heterocycles. The maximum absolute atomic E-state index is 15.3. The van der Waals surface area contributed by atoms with Crippen molar-refractivity contribution in [1.29, 1.82) is 0 Å². The van der Waals surface area contributed by atoms with Crippen molar-refractivity contribution in [3.63, 3.8) is 0 Å². The Hall–Kier alpha value is -3.99. The van der Waals surface area contributed by atoms with Crippen LogP contribution < -0.4 is 19.3 Å². The largest absolute Gasteiger partial charge is 0.439 e. The standard InChI is InChI=1S/C34H35FN4O4S/c1-23-4-8-26(9-5-23)42-32-11-6-24(18-36-32)19-37-20-27-28(21-37)29(27)22-39(34(40)43-33-3-2-16-44-33)25-7-10-31(30(35)17-25)38-12-14-41-15-13-38/h2-11,16-18,27-29H,12-15,19-22H2,1H3. The number of rotatable bonds is 9. The van der Waals surface area contributed by atoms with Crippen molar-refractivity contribution < 1.29 is 23.4 Å². The van der Waals surface area contributed by atoms with E-state index in [1.54, 1.807) is 17.0 Å². The van der Waals surface area contributed by atoms with Crippen LogP contribution >= 0.6 is 11.3 Å². The zero-order chi connectivity index (χ0) is 30.0. The molecule has 10 heteroatoms. The van der Waals surface area contributed by atoms with Crippen molar-refractivity contribution in [2.75, 3.05) is 55.7 Å². The number of aromatic nitrogens is 1. The van der Waals surface area contributed by atoms with Gasteiger partial charge in [-0.15, -0.1) is 11.3 Å². The van der Waals surface area contributed by atoms with Gasteiger partial charge in [-0.05, 0) is 78.1 Å². The molecule has 2 aromatic carbocycles. The molecule has 0 spiro atoms. The van der Waals surface area contributed by atoms with Crippen LogP contribution in [0.4, 0.5) is 20.6 Å². The number of hydrogen-bond acceptors (Lipinski definition) is 8. The van der Waals surface area contributed by atoms with Gasteiger partial charge in [-0.25, -0.2) is 14.2 Å². The SMILES string of the molecule is Cc1ccc(Oc2ccc(CN3CC4C(C3)C4CN(C(=O)Oc3cccs3)c3ccc(N4CCOCC4)c(F)c3)cn2)cc1. The minimum atomic E-state index is -0.480. The summed E-state index contributed by atoms with van der Waals surface area (Å²) in [6, 6.07) is 20.6. The van der Waals surface area contributed by atoms with Gasteiger partial charge in [0, 0.05) is 51.5 Å². The monoisotopic (exact) mass is 614 g/mol. The molecule has 2 atom stereocenters. The average Bonchev–Trinajstić information content (AvgIpc) is 3.36. The van der Waals surface area contributed by atoms with Crippen molar-refractivity contribution in [2.45, 2.75) is 13.5 Å². The molecule has 8 nitrogen and oxygen atoms in total. The molecule has 7 rings (SSSR count). The number of halogens is 1. The first-order valence-corrected chi connectivity index (χ1v) is 15.9. The van der Waals surface area contributed by atoms with Crippen LogP contribution in [-0.2, 0) is 11.3 Å². The molecule has 1 aliphatic carbocycles. The first-order chi connectivity index (χ1) is 21.5. The van der Waals surface area contributed by atoms with Gasteiger partial charge in [0.2, 0.25) is 5.88 Å². The Morgan fingerprint density at radius 1 is 1.07 bits per heavy atom. The summed E-state index contributed by atoms with van der Waals surface area (Å²) in [5.74, 6) is 2.32. The van der Waals surface area contributed by atoms with Crippen LogP contribution in [0.1, 0.15) is 11.1 Å². The fourth-order valence-electron chi connectivity index (χ4n) is 6.37. The lowest BCUT2D eigenvalue weighted by atomic mass is 10.2. The molecule has 0 N–H and O–H groups in total. The van der Waals surface area contributed by atoms with Crippen LogP contribution in [0.25, 0.3) is 0 Å². The highest BCUT2D eigenvalue weighted by atomic mass is 32.1. The second kappa shape index (κ2) is 12.6. The van der Waals surface area contributed by atoms with Crippen molar-refractivity contribution in [1.82, 2.24) is 9.88 Å². The third-order valence-corrected chi connectivity index (χ3v) is 9.53. The average molecular weight is 615 g/mol. The molecule has 0 bridgehead atoms. The van der Waals surface area contributed by atoms with E-state index < -0.39 is 6.09 Å². The third kappa shape index (κ3) is 6.43. The summed E-state index contributed by atoms with van der Waals surface area (Å²) in [5, 5.41) is 2.39. The normalized spacial score (nSPS) is 21.1. The van der Waals surface area contributed by atoms with Crippen molar-refractivity contribution >= 4 is 28.8 Å². The van der Waals surface area contributed by atoms with Crippen LogP contribution in [0, 0.1) is 30.5 Å². The summed E-state index contributed by atoms with van der Waals surface area (Å²) < 4.78 is 32.3. The number of carbonyl (C=O) groups excluding carboxylic acids is 1. The second-order valence-corrected chi connectivity index (χ2v) is 12.7. The molecule has 3 fully saturated rings. The first kappa shape index (κ1) is 28.8. The lowest BCUT2D eigenvalue weighted by Crippen LogP contribution is -2.38. The molecule has 2 aromatic heterocycles. The highest BCUT2D eigenvalue weighted by Gasteiger charge is 2.56. The van der Waals surface area contributed by atoms with E-state index in [0.29, 0.717) is 72.9 Å². The van der Waals surface area contributed by atoms with E-state index in [1.807, 2.05) is 65.9 Å². The Bertz CT molecular complexity index is 1570. The third-order valence-electron chi connectivity index (χ3n) is 8.79. The maximum atomic E-state index is 15.3. The number of morpholine rings is 1. The lowest BCUT2D eigenvalue weighted by Gasteiger charge is -2.30. The maximum Gasteiger partial charge on any atom is 0.420 e. The Morgan fingerprint density at radius 3 is 2.55 bits per heavy atom. The summed E-state index contributed by atoms with van der Waals surface area (Å²) in [5.41, 5.74) is 3.37. The predicted molar refractivity (Wildman–Crippen MR) is 168 cm³/mol. The fourth-order valence-corrected chi connectivity index (χ4v) is 6.94. The zero-order valence-corrected chi connectivity index (χ0v) is 25.4. The van der Waals surface area contributed by atoms with E-state index in [2.05, 4.69) is 16.0 Å². The molecule has 2 saturated heterocycles. The van der Waals surface area contributed by atoms with Gasteiger partial charge in [-0.3, -0.25) is 9.80 Å². The molecular formula is C34H35FN4O4S. The number of thiophene rings is 1. The quantitative estimate of drug-likeness (QED) is 0.210. The van der Waals surface area contributed by atoms with E-state index in [0.717, 1.165) is 30.9 Å². The summed E-state index contributed by atoms with van der Waals surface area (Å²) in [6.07, 6.45) is 1.40. The Kier molecular flexibility index (Phi) is 8.20. The van der Waals surface area contributed by atoms with Gasteiger partial charge < -0.3 is 19.1 Å². The van der Waals surface area contributed by atoms with Crippen LogP contribution in [0.5, 0.6) is 16.7 Å². The molecule has 228 valence electrons. The lowest BCUT2D eigenvalue weighted by molar-refractivity contribution is 0.122. The number of fused-ring (bicyclic) bond motifs is 1. The predicted octanol–water partition coefficient (Wildman–Crippen LogP) is 6.60. The van der Waals surface area contributed by atoms with Gasteiger partial charge in [0.1, 0.15) is 11.6 Å². The molecule has 1 amide bonds. The number of aryl methyl sites for hydroxylation is 1. The summed E-state index contributed by atoms with van der Waals surface area (Å²) in [6.45, 7) is 7.70. The van der Waals surface area contributed by atoms with Crippen molar-refractivity contribution in [3.8, 4) is 16.7 Å². The Labute approximate surface area is 260 Å². The van der Waals surface area contributed by atoms with Crippen LogP contribution in [0.3, 0.4) is 0 Å². The van der Waals surface area contributed by atoms with Gasteiger partial charge in [-0.2, -0.15) is 0 Å². The molecule has 4 aromatic rings. The number of anilines is 2. The zero-order valence-electron chi connectivity index (χ0n) is 24.6. The summed E-state index contributed by atoms with van der Waals surface area (Å²) in [7, 11) is 0. The van der Waals surface area contributed by atoms with E-state index in [4.69, 9.17) is 14.2 Å². The number of amides is 1. The highest BCUT2D eigenvalue weighted by Crippen LogP contribution is 2.52. The summed E-state index contributed by atoms with van der Waals surface area (Å²) >= 11 is 1.36. The van der Waals surface area contributed by atoms with Crippen molar-refractivity contribution in [2.24, 2.45) is 17.8 Å². The van der Waals surface area contributed by atoms with E-state index in [9.17, 15) is 4.79 Å². The molecular weight excluding hydrogens is 579 g/mol. The number of ether oxygens (including phenoxy) is 3. The number of carbonyl (C=O) groups is 1. The highest BCUT2D eigenvalue weighted by molar-refractivity contribution is 7.11. The van der Waals surface area contributed by atoms with Crippen LogP contribution in [0.2, 0.25) is 0 Å². The van der Waals surface area contributed by atoms with Gasteiger partial charge in [-0.1, -0.05) is 23.8 Å². The van der Waals surface area contributed by atoms with E-state index >= 15 is 4.39 Å². The number of pyridine rings is 1. The number of hydrogen-bond donors (Lipinski definition) is 0. The van der Waals surface area contributed by atoms with Gasteiger partial charge >= 0.3 is 6.09 Å². The van der Waals surface area contributed by atoms with Crippen molar-refractivity contribution in [3.05, 3.63) is 95.3 Å². The minimum Gasteiger partial charge on any atom is -0.439 e. The molecule has 2 unspecified atom stereocenters. The van der Waals surface area contributed by atoms with Gasteiger partial charge in [0.05, 0.1) is 24.6 Å². The Morgan fingerprint density at radius 2 is 1.86 bits per heavy atom. The van der Waals surface area contributed by atoms with Gasteiger partial charge in [0.15, 0.2) is 5.06 Å². The molecule has 0 radical (unpaired) electrons. The van der Waals surface area contributed by atoms with E-state index in [1.165, 1.54) is 23.0 Å². The number of nitrogens with zero attached hydrogens (tertiary/aromatic N) is 4. The minimum absolute atomic E-state index is 0.340. The number of piperidine rings is 1. The summed E-state index contributed by atoms with van der Waals surface area (Å²) in [4.78, 5) is 23.9. The molecule has 3 aliphatic rings. The number of benzene rings is 2. The second-order valence-electron chi connectivity index (χ2n) is 11.8. The number of likely N-dealkylation sites (tertiary alicyclic amines) is 1. The molecule has 1 saturated carbocycles. The fraction of sp³-hybridized carbons (Fsp3) is 0.353. The first-order valence-electron chi connectivity index (χ1n) is 15.1. The topological polar surface area (TPSA) is 67.4 Å². The molecule has 44 heavy (non-hydrogen) atoms. The van der Waals surface area contributed by atoms with Gasteiger partial charge in [0.25, 0.3) is 0 Å². The smallest absolute Gasteiger partial charge is 0.420 e.